The number of H-pyrrole nitrogens is 1. The molecule has 0 spiro atoms. The first-order valence-corrected chi connectivity index (χ1v) is 6.72. The molecule has 0 saturated carbocycles. The van der Waals surface area contributed by atoms with Gasteiger partial charge in [0.1, 0.15) is 5.82 Å². The van der Waals surface area contributed by atoms with Crippen LogP contribution in [0.1, 0.15) is 61.9 Å². The summed E-state index contributed by atoms with van der Waals surface area (Å²) in [6.07, 6.45) is 5.21. The van der Waals surface area contributed by atoms with Gasteiger partial charge in [-0.3, -0.25) is 5.10 Å². The van der Waals surface area contributed by atoms with E-state index in [4.69, 9.17) is 0 Å². The molecule has 2 heterocycles. The normalized spacial score (nSPS) is 10.9. The van der Waals surface area contributed by atoms with Crippen molar-refractivity contribution >= 4 is 11.9 Å². The summed E-state index contributed by atoms with van der Waals surface area (Å²) in [7, 11) is 0. The highest BCUT2D eigenvalue weighted by Gasteiger charge is 2.06. The third kappa shape index (κ3) is 7.61. The van der Waals surface area contributed by atoms with Gasteiger partial charge in [0.2, 0.25) is 0 Å². The van der Waals surface area contributed by atoms with Crippen molar-refractivity contribution in [3.63, 3.8) is 0 Å². The summed E-state index contributed by atoms with van der Waals surface area (Å²) >= 11 is 0. The van der Waals surface area contributed by atoms with E-state index in [0.29, 0.717) is 0 Å². The average molecular weight is 241 g/mol. The smallest absolute Gasteiger partial charge is 0.129 e. The van der Waals surface area contributed by atoms with Crippen molar-refractivity contribution in [2.75, 3.05) is 11.9 Å². The monoisotopic (exact) mass is 241 g/mol. The quantitative estimate of drug-likeness (QED) is 0.674. The second-order valence-corrected chi connectivity index (χ2v) is 3.25. The van der Waals surface area contributed by atoms with Crippen molar-refractivity contribution in [1.29, 1.82) is 0 Å². The van der Waals surface area contributed by atoms with Gasteiger partial charge in [0, 0.05) is 13.5 Å². The maximum absolute atomic E-state index is 3.91. The van der Waals surface area contributed by atoms with E-state index in [1.54, 1.807) is 0 Å². The first-order chi connectivity index (χ1) is 8.27. The zero-order chi connectivity index (χ0) is 13.7. The molecule has 0 aromatic carbocycles. The summed E-state index contributed by atoms with van der Waals surface area (Å²) < 4.78 is 0. The highest BCUT2D eigenvalue weighted by Crippen LogP contribution is 2.19. The van der Waals surface area contributed by atoms with Crippen LogP contribution in [0.3, 0.4) is 0 Å². The maximum Gasteiger partial charge on any atom is 0.129 e. The molecule has 3 heteroatoms. The fourth-order valence-corrected chi connectivity index (χ4v) is 1.09. The minimum absolute atomic E-state index is 0. The Morgan fingerprint density at radius 3 is 2.29 bits per heavy atom. The van der Waals surface area contributed by atoms with Gasteiger partial charge in [-0.25, -0.2) is 0 Å². The van der Waals surface area contributed by atoms with Gasteiger partial charge in [-0.1, -0.05) is 53.5 Å². The summed E-state index contributed by atoms with van der Waals surface area (Å²) in [6.45, 7) is 15.3. The van der Waals surface area contributed by atoms with E-state index in [-0.39, 0.29) is 1.43 Å². The van der Waals surface area contributed by atoms with Gasteiger partial charge in [-0.15, -0.1) is 0 Å². The summed E-state index contributed by atoms with van der Waals surface area (Å²) in [5.41, 5.74) is 2.50. The summed E-state index contributed by atoms with van der Waals surface area (Å²) in [4.78, 5) is 0. The van der Waals surface area contributed by atoms with E-state index < -0.39 is 0 Å². The minimum Gasteiger partial charge on any atom is -0.366 e. The molecule has 0 radical (unpaired) electrons. The van der Waals surface area contributed by atoms with Crippen LogP contribution in [0.15, 0.2) is 11.8 Å². The lowest BCUT2D eigenvalue weighted by molar-refractivity contribution is 1.07. The molecule has 2 rings (SSSR count). The lowest BCUT2D eigenvalue weighted by atomic mass is 10.1. The molecule has 0 atom stereocenters. The molecule has 3 nitrogen and oxygen atoms in total. The molecule has 2 N–H and O–H groups in total. The van der Waals surface area contributed by atoms with Gasteiger partial charge < -0.3 is 5.32 Å². The number of aromatic nitrogens is 2. The predicted molar refractivity (Wildman–Crippen MR) is 81.5 cm³/mol. The molecule has 0 bridgehead atoms. The number of nitrogens with one attached hydrogen (secondary N) is 2. The Labute approximate surface area is 108 Å². The first kappa shape index (κ1) is 18.1. The molecule has 1 aliphatic heterocycles. The largest absolute Gasteiger partial charge is 0.366 e. The van der Waals surface area contributed by atoms with Crippen molar-refractivity contribution in [1.82, 2.24) is 10.2 Å². The van der Waals surface area contributed by atoms with Crippen molar-refractivity contribution < 1.29 is 1.43 Å². The minimum atomic E-state index is 0. The predicted octanol–water partition coefficient (Wildman–Crippen LogP) is 4.95. The van der Waals surface area contributed by atoms with E-state index in [2.05, 4.69) is 42.4 Å². The highest BCUT2D eigenvalue weighted by molar-refractivity contribution is 5.67. The number of fused-ring (bicyclic) bond motifs is 1. The Balaban J connectivity index is -0.000000245. The highest BCUT2D eigenvalue weighted by atomic mass is 15.2. The Kier molecular flexibility index (Phi) is 13.7. The number of hydrogen-bond acceptors (Lipinski definition) is 2. The second-order valence-electron chi connectivity index (χ2n) is 3.25. The van der Waals surface area contributed by atoms with Crippen LogP contribution >= 0.6 is 0 Å². The molecule has 1 aliphatic rings. The number of anilines is 1. The third-order valence-corrected chi connectivity index (χ3v) is 1.61. The fraction of sp³-hybridized carbons (Fsp3) is 0.643. The maximum atomic E-state index is 3.91. The molecular formula is C14H31N3. The van der Waals surface area contributed by atoms with Crippen LogP contribution in [0.25, 0.3) is 6.08 Å². The van der Waals surface area contributed by atoms with Crippen LogP contribution in [0.5, 0.6) is 0 Å². The molecule has 0 unspecified atom stereocenters. The van der Waals surface area contributed by atoms with Gasteiger partial charge in [0.15, 0.2) is 0 Å². The van der Waals surface area contributed by atoms with Crippen LogP contribution in [0.4, 0.5) is 5.82 Å². The standard InChI is InChI=1S/C7H9N3.C3H8.2C2H6.H2/c1-5-2-6-4-9-10-7(6)8-3-5;1-3-2;2*1-2;/h2,4H,3H2,1H3,(H2,8,9,10);3H2,1-2H3;2*1-2H3;1H. The van der Waals surface area contributed by atoms with Gasteiger partial charge in [-0.05, 0) is 13.0 Å². The van der Waals surface area contributed by atoms with Gasteiger partial charge in [0.25, 0.3) is 0 Å². The molecular weight excluding hydrogens is 210 g/mol. The van der Waals surface area contributed by atoms with Gasteiger partial charge >= 0.3 is 0 Å². The zero-order valence-electron chi connectivity index (χ0n) is 12.5. The lowest BCUT2D eigenvalue weighted by Crippen LogP contribution is -2.07. The van der Waals surface area contributed by atoms with Crippen LogP contribution in [-0.2, 0) is 0 Å². The topological polar surface area (TPSA) is 40.7 Å². The molecule has 17 heavy (non-hydrogen) atoms. The van der Waals surface area contributed by atoms with Gasteiger partial charge in [0.05, 0.1) is 6.20 Å². The Bertz CT molecular complexity index is 293. The van der Waals surface area contributed by atoms with E-state index in [1.165, 1.54) is 12.0 Å². The second kappa shape index (κ2) is 12.8. The number of nitrogens with zero attached hydrogens (tertiary/aromatic N) is 1. The molecule has 0 saturated heterocycles. The van der Waals surface area contributed by atoms with Crippen molar-refractivity contribution in [2.24, 2.45) is 0 Å². The number of hydrogen-bond donors (Lipinski definition) is 2. The van der Waals surface area contributed by atoms with Crippen molar-refractivity contribution in [3.05, 3.63) is 17.3 Å². The molecule has 1 aromatic rings. The Morgan fingerprint density at radius 1 is 1.24 bits per heavy atom. The number of aromatic amines is 1. The molecule has 0 aliphatic carbocycles. The summed E-state index contributed by atoms with van der Waals surface area (Å²) in [5.74, 6) is 1.03. The summed E-state index contributed by atoms with van der Waals surface area (Å²) in [6, 6.07) is 0. The van der Waals surface area contributed by atoms with Crippen LogP contribution in [0.2, 0.25) is 0 Å². The lowest BCUT2D eigenvalue weighted by Gasteiger charge is -2.10. The molecule has 1 aromatic heterocycles. The summed E-state index contributed by atoms with van der Waals surface area (Å²) in [5, 5.41) is 9.98. The molecule has 0 fully saturated rings. The zero-order valence-corrected chi connectivity index (χ0v) is 12.5. The van der Waals surface area contributed by atoms with E-state index in [1.807, 2.05) is 33.9 Å². The van der Waals surface area contributed by atoms with E-state index >= 15 is 0 Å². The van der Waals surface area contributed by atoms with Gasteiger partial charge in [-0.2, -0.15) is 5.10 Å². The van der Waals surface area contributed by atoms with Crippen LogP contribution < -0.4 is 5.32 Å². The molecule has 102 valence electrons. The average Bonchev–Trinajstić information content (AvgIpc) is 2.82. The van der Waals surface area contributed by atoms with Crippen LogP contribution in [0, 0.1) is 0 Å². The number of rotatable bonds is 0. The Hall–Kier alpha value is -1.25. The van der Waals surface area contributed by atoms with Crippen LogP contribution in [-0.4, -0.2) is 16.7 Å². The van der Waals surface area contributed by atoms with Crippen molar-refractivity contribution in [2.45, 2.75) is 54.9 Å². The first-order valence-electron chi connectivity index (χ1n) is 6.72. The fourth-order valence-electron chi connectivity index (χ4n) is 1.09. The molecule has 0 amide bonds. The third-order valence-electron chi connectivity index (χ3n) is 1.61. The van der Waals surface area contributed by atoms with E-state index in [0.717, 1.165) is 17.9 Å². The SMILES string of the molecule is CC.CC.CC1=Cc2cn[nH]c2NC1.CCC.[HH]. The van der Waals surface area contributed by atoms with E-state index in [9.17, 15) is 0 Å². The van der Waals surface area contributed by atoms with Crippen molar-refractivity contribution in [3.8, 4) is 0 Å². The Morgan fingerprint density at radius 2 is 1.76 bits per heavy atom.